The highest BCUT2D eigenvalue weighted by atomic mass is 14.0. The van der Waals surface area contributed by atoms with Crippen LogP contribution in [0.1, 0.15) is 105 Å². The molecule has 0 aromatic rings. The fraction of sp³-hybridized carbons (Fsp3) is 0.818. The van der Waals surface area contributed by atoms with E-state index in [0.29, 0.717) is 0 Å². The van der Waals surface area contributed by atoms with Gasteiger partial charge in [-0.15, -0.1) is 0 Å². The first-order chi connectivity index (χ1) is 12.7. The zero-order valence-corrected chi connectivity index (χ0v) is 17.1. The molecule has 0 aromatic heterocycles. The molecule has 0 nitrogen and oxygen atoms in total. The van der Waals surface area contributed by atoms with Gasteiger partial charge in [0.05, 0.1) is 0 Å². The van der Waals surface area contributed by atoms with Gasteiger partial charge in [-0.1, -0.05) is 103 Å². The third-order valence-electron chi connectivity index (χ3n) is 4.52. The molecule has 138 valence electrons. The van der Waals surface area contributed by atoms with E-state index in [1.165, 1.54) is 77.0 Å². The average molecular weight is 332 g/mol. The Kier molecular flexibility index (Phi) is 22.2. The first-order valence-electron chi connectivity index (χ1n) is 11.2. The van der Waals surface area contributed by atoms with Crippen LogP contribution in [0.4, 0.5) is 0 Å². The molecule has 0 amide bonds. The quantitative estimate of drug-likeness (QED) is 0.394. The van der Waals surface area contributed by atoms with Crippen LogP contribution >= 0.6 is 0 Å². The number of allylic oxidation sites excluding steroid dienone is 4. The standard InChI is InChI=1S/C8H16.C6H10.2C4H8.2BH/c1-4-6-8(3)7-5-2;1-6-4-2-3-5-6;2*1-2-4-3-1;;/h4,6,8H,5,7H2,1-3H3;2,4,6H,3,5H2,1H3;2*1-4H2;2*1H/b6-4+;;;;;/i;;;;2*1D. The molecule has 0 bridgehead atoms. The van der Waals surface area contributed by atoms with Gasteiger partial charge in [0, 0.05) is 16.8 Å². The smallest absolute Gasteiger partial charge is 0.0379 e. The molecule has 3 aliphatic carbocycles. The van der Waals surface area contributed by atoms with Crippen molar-refractivity contribution in [2.75, 3.05) is 0 Å². The first-order valence-corrected chi connectivity index (χ1v) is 10.00. The fourth-order valence-corrected chi connectivity index (χ4v) is 2.16. The lowest BCUT2D eigenvalue weighted by Crippen LogP contribution is -1.85. The van der Waals surface area contributed by atoms with Crippen molar-refractivity contribution < 1.29 is 0 Å². The summed E-state index contributed by atoms with van der Waals surface area (Å²) in [4.78, 5) is 0. The molecule has 24 heavy (non-hydrogen) atoms. The largest absolute Gasteiger partial charge is 0.0914 e. The normalized spacial score (nSPS) is 21.4. The average Bonchev–Trinajstić information content (AvgIpc) is 3.00. The maximum atomic E-state index is 5.25. The van der Waals surface area contributed by atoms with Crippen molar-refractivity contribution in [3.63, 3.8) is 0 Å². The molecular weight excluding hydrogens is 286 g/mol. The van der Waals surface area contributed by atoms with Gasteiger partial charge in [-0.25, -0.2) is 0 Å². The summed E-state index contributed by atoms with van der Waals surface area (Å²) in [5, 5.41) is 0. The molecule has 0 N–H and O–H groups in total. The van der Waals surface area contributed by atoms with E-state index in [1.54, 1.807) is 0 Å². The van der Waals surface area contributed by atoms with E-state index in [9.17, 15) is 0 Å². The molecule has 2 atom stereocenters. The van der Waals surface area contributed by atoms with Crippen molar-refractivity contribution in [3.8, 4) is 0 Å². The third kappa shape index (κ3) is 21.6. The van der Waals surface area contributed by atoms with Crippen molar-refractivity contribution in [2.24, 2.45) is 11.8 Å². The molecule has 2 unspecified atom stereocenters. The Labute approximate surface area is 160 Å². The Morgan fingerprint density at radius 2 is 1.50 bits per heavy atom. The van der Waals surface area contributed by atoms with Crippen LogP contribution in [0.3, 0.4) is 0 Å². The number of hydrogen-bond donors (Lipinski definition) is 0. The van der Waals surface area contributed by atoms with E-state index in [4.69, 9.17) is 2.67 Å². The van der Waals surface area contributed by atoms with Crippen LogP contribution in [0, 0.1) is 11.8 Å². The van der Waals surface area contributed by atoms with E-state index in [2.05, 4.69) is 68.8 Å². The molecule has 0 aromatic carbocycles. The van der Waals surface area contributed by atoms with Gasteiger partial charge in [-0.2, -0.15) is 0 Å². The lowest BCUT2D eigenvalue weighted by Gasteiger charge is -2.05. The Hall–Kier alpha value is -0.390. The highest BCUT2D eigenvalue weighted by molar-refractivity contribution is 5.76. The number of rotatable bonds is 3. The molecule has 2 fully saturated rings. The minimum atomic E-state index is 0.782. The van der Waals surface area contributed by atoms with Gasteiger partial charge >= 0.3 is 0 Å². The monoisotopic (exact) mass is 332 g/mol. The minimum absolute atomic E-state index is 0.782. The maximum absolute atomic E-state index is 5.25. The molecule has 2 saturated carbocycles. The Morgan fingerprint density at radius 1 is 1.04 bits per heavy atom. The molecule has 0 saturated heterocycles. The zero-order valence-electron chi connectivity index (χ0n) is 19.1. The van der Waals surface area contributed by atoms with Crippen LogP contribution in [0.2, 0.25) is 0 Å². The molecule has 0 aliphatic heterocycles. The van der Waals surface area contributed by atoms with E-state index in [1.807, 2.05) is 0 Å². The third-order valence-corrected chi connectivity index (χ3v) is 4.52. The fourth-order valence-electron chi connectivity index (χ4n) is 2.16. The second-order valence-corrected chi connectivity index (χ2v) is 7.10. The summed E-state index contributed by atoms with van der Waals surface area (Å²) in [5.41, 5.74) is 0. The predicted octanol–water partition coefficient (Wildman–Crippen LogP) is 6.80. The minimum Gasteiger partial charge on any atom is -0.0914 e. The van der Waals surface area contributed by atoms with E-state index in [0.717, 1.165) is 11.8 Å². The van der Waals surface area contributed by atoms with Gasteiger partial charge in [0.2, 0.25) is 0 Å². The van der Waals surface area contributed by atoms with Crippen LogP contribution in [0.15, 0.2) is 24.3 Å². The van der Waals surface area contributed by atoms with Crippen molar-refractivity contribution in [1.29, 1.82) is 2.67 Å². The predicted molar refractivity (Wildman–Crippen MR) is 118 cm³/mol. The summed E-state index contributed by atoms with van der Waals surface area (Å²) in [5.74, 6) is 1.65. The summed E-state index contributed by atoms with van der Waals surface area (Å²) in [6, 6.07) is 0. The van der Waals surface area contributed by atoms with Crippen LogP contribution in [0.5, 0.6) is 0 Å². The van der Waals surface area contributed by atoms with Crippen molar-refractivity contribution >= 4 is 16.8 Å². The van der Waals surface area contributed by atoms with Gasteiger partial charge < -0.3 is 0 Å². The van der Waals surface area contributed by atoms with E-state index >= 15 is 0 Å². The second-order valence-electron chi connectivity index (χ2n) is 7.10. The molecular formula is C22H44B2. The van der Waals surface area contributed by atoms with Crippen molar-refractivity contribution in [3.05, 3.63) is 24.3 Å². The summed E-state index contributed by atoms with van der Waals surface area (Å²) in [7, 11) is 7.50. The highest BCUT2D eigenvalue weighted by Gasteiger charge is 1.99. The molecule has 0 heterocycles. The van der Waals surface area contributed by atoms with Crippen molar-refractivity contribution in [1.82, 2.24) is 0 Å². The van der Waals surface area contributed by atoms with Gasteiger partial charge in [0.1, 0.15) is 0 Å². The highest BCUT2D eigenvalue weighted by Crippen LogP contribution is 2.15. The molecule has 3 rings (SSSR count). The van der Waals surface area contributed by atoms with E-state index < -0.39 is 0 Å². The van der Waals surface area contributed by atoms with Crippen LogP contribution in [-0.4, -0.2) is 19.4 Å². The molecule has 4 radical (unpaired) electrons. The summed E-state index contributed by atoms with van der Waals surface area (Å²) < 4.78 is 10.5. The zero-order chi connectivity index (χ0) is 20.5. The van der Waals surface area contributed by atoms with E-state index in [-0.39, 0.29) is 0 Å². The summed E-state index contributed by atoms with van der Waals surface area (Å²) >= 11 is 0. The first kappa shape index (κ1) is 23.6. The van der Waals surface area contributed by atoms with Gasteiger partial charge in [0.15, 0.2) is 0 Å². The molecule has 0 spiro atoms. The van der Waals surface area contributed by atoms with Gasteiger partial charge in [-0.05, 0) is 40.7 Å². The number of hydrogen-bond acceptors (Lipinski definition) is 0. The maximum Gasteiger partial charge on any atom is 0.0379 e. The Balaban J connectivity index is -0.000000261. The Morgan fingerprint density at radius 3 is 1.67 bits per heavy atom. The van der Waals surface area contributed by atoms with Gasteiger partial charge in [-0.3, -0.25) is 0 Å². The summed E-state index contributed by atoms with van der Waals surface area (Å²) in [6.45, 7) is 8.80. The van der Waals surface area contributed by atoms with Crippen LogP contribution < -0.4 is 0 Å². The van der Waals surface area contributed by atoms with Crippen LogP contribution in [0.25, 0.3) is 0 Å². The second kappa shape index (κ2) is 22.6. The summed E-state index contributed by atoms with van der Waals surface area (Å²) in [6.07, 6.45) is 26.2. The lowest BCUT2D eigenvalue weighted by molar-refractivity contribution is 0.504. The lowest BCUT2D eigenvalue weighted by atomic mass is 10.0. The Bertz CT molecular complexity index is 257. The molecule has 3 aliphatic rings. The topological polar surface area (TPSA) is 0 Å². The van der Waals surface area contributed by atoms with Crippen molar-refractivity contribution in [2.45, 2.75) is 105 Å². The van der Waals surface area contributed by atoms with Crippen LogP contribution in [-0.2, 0) is 0 Å². The molecule has 2 heteroatoms. The SMILES string of the molecule is C/C=C/C(C)CCC.C1CCC1.C1CCC1.CC1C=CCC1.[2H][B].[2H][B]. The van der Waals surface area contributed by atoms with Gasteiger partial charge in [0.25, 0.3) is 0 Å².